The van der Waals surface area contributed by atoms with E-state index in [9.17, 15) is 0 Å². The molecule has 8 aromatic rings. The number of hydrogen-bond acceptors (Lipinski definition) is 0. The van der Waals surface area contributed by atoms with E-state index in [1.807, 2.05) is 0 Å². The Kier molecular flexibility index (Phi) is 4.03. The summed E-state index contributed by atoms with van der Waals surface area (Å²) in [5, 5.41) is 15.7. The summed E-state index contributed by atoms with van der Waals surface area (Å²) in [6.07, 6.45) is 0. The largest absolute Gasteiger partial charge is 0.0616 e. The van der Waals surface area contributed by atoms with E-state index in [1.54, 1.807) is 0 Å². The molecule has 0 radical (unpaired) electrons. The zero-order valence-electron chi connectivity index (χ0n) is 19.7. The Hall–Kier alpha value is -4.68. The topological polar surface area (TPSA) is 0 Å². The van der Waals surface area contributed by atoms with Crippen LogP contribution in [0, 0.1) is 0 Å². The highest BCUT2D eigenvalue weighted by atomic mass is 14.2. The zero-order valence-corrected chi connectivity index (χ0v) is 19.7. The fourth-order valence-corrected chi connectivity index (χ4v) is 6.27. The summed E-state index contributed by atoms with van der Waals surface area (Å²) in [7, 11) is 0. The summed E-state index contributed by atoms with van der Waals surface area (Å²) in [5.74, 6) is 0. The molecule has 0 aliphatic carbocycles. The second kappa shape index (κ2) is 7.41. The molecule has 0 spiro atoms. The average Bonchev–Trinajstić information content (AvgIpc) is 2.96. The lowest BCUT2D eigenvalue weighted by atomic mass is 9.85. The molecule has 8 rings (SSSR count). The minimum absolute atomic E-state index is 1.28. The summed E-state index contributed by atoms with van der Waals surface area (Å²) >= 11 is 0. The summed E-state index contributed by atoms with van der Waals surface area (Å²) in [5.41, 5.74) is 2.58. The van der Waals surface area contributed by atoms with Gasteiger partial charge in [-0.1, -0.05) is 121 Å². The molecule has 0 aromatic heterocycles. The quantitative estimate of drug-likeness (QED) is 0.216. The maximum absolute atomic E-state index is 2.45. The molecule has 0 N–H and O–H groups in total. The summed E-state index contributed by atoms with van der Waals surface area (Å²) in [4.78, 5) is 0. The van der Waals surface area contributed by atoms with Gasteiger partial charge in [-0.25, -0.2) is 0 Å². The molecule has 0 heterocycles. The predicted molar refractivity (Wildman–Crippen MR) is 157 cm³/mol. The smallest absolute Gasteiger partial charge is 0.00199 e. The highest BCUT2D eigenvalue weighted by Gasteiger charge is 2.16. The lowest BCUT2D eigenvalue weighted by Gasteiger charge is -2.18. The molecule has 0 aliphatic heterocycles. The van der Waals surface area contributed by atoms with Crippen molar-refractivity contribution >= 4 is 64.6 Å². The fourth-order valence-electron chi connectivity index (χ4n) is 6.27. The first-order valence-electron chi connectivity index (χ1n) is 12.5. The Morgan fingerprint density at radius 2 is 0.611 bits per heavy atom. The van der Waals surface area contributed by atoms with Crippen LogP contribution in [0.5, 0.6) is 0 Å². The lowest BCUT2D eigenvalue weighted by Crippen LogP contribution is -1.90. The van der Waals surface area contributed by atoms with Gasteiger partial charge in [-0.3, -0.25) is 0 Å². The van der Waals surface area contributed by atoms with Crippen molar-refractivity contribution in [3.05, 3.63) is 133 Å². The molecular weight excluding hydrogens is 432 g/mol. The molecule has 0 nitrogen and oxygen atoms in total. The second-order valence-electron chi connectivity index (χ2n) is 9.67. The van der Waals surface area contributed by atoms with Crippen LogP contribution in [0.3, 0.4) is 0 Å². The summed E-state index contributed by atoms with van der Waals surface area (Å²) < 4.78 is 0. The predicted octanol–water partition coefficient (Wildman–Crippen LogP) is 10.3. The first-order valence-corrected chi connectivity index (χ1v) is 12.5. The van der Waals surface area contributed by atoms with E-state index in [0.717, 1.165) is 0 Å². The SMILES string of the molecule is c1ccc2c(c1)cc(-c1cc3c4ccccc4c4ccccc4c3c3ccccc13)c1ccccc12. The van der Waals surface area contributed by atoms with Crippen LogP contribution in [-0.2, 0) is 0 Å². The van der Waals surface area contributed by atoms with Crippen LogP contribution >= 0.6 is 0 Å². The Morgan fingerprint density at radius 3 is 1.25 bits per heavy atom. The third-order valence-corrected chi connectivity index (χ3v) is 7.81. The Labute approximate surface area is 209 Å². The molecule has 0 atom stereocenters. The fraction of sp³-hybridized carbons (Fsp3) is 0. The van der Waals surface area contributed by atoms with Gasteiger partial charge in [0.1, 0.15) is 0 Å². The maximum atomic E-state index is 2.45. The molecule has 0 amide bonds. The second-order valence-corrected chi connectivity index (χ2v) is 9.67. The molecule has 36 heavy (non-hydrogen) atoms. The summed E-state index contributed by atoms with van der Waals surface area (Å²) in [6.45, 7) is 0. The molecule has 0 heteroatoms. The van der Waals surface area contributed by atoms with Crippen molar-refractivity contribution < 1.29 is 0 Å². The van der Waals surface area contributed by atoms with E-state index >= 15 is 0 Å². The first kappa shape index (κ1) is 19.6. The van der Waals surface area contributed by atoms with Gasteiger partial charge in [-0.2, -0.15) is 0 Å². The normalized spacial score (nSPS) is 11.9. The van der Waals surface area contributed by atoms with E-state index in [1.165, 1.54) is 75.8 Å². The maximum Gasteiger partial charge on any atom is -0.00199 e. The Bertz CT molecular complexity index is 2150. The van der Waals surface area contributed by atoms with Gasteiger partial charge >= 0.3 is 0 Å². The number of fused-ring (bicyclic) bond motifs is 11. The Balaban J connectivity index is 1.64. The van der Waals surface area contributed by atoms with Crippen molar-refractivity contribution in [3.8, 4) is 11.1 Å². The van der Waals surface area contributed by atoms with Crippen molar-refractivity contribution in [3.63, 3.8) is 0 Å². The lowest BCUT2D eigenvalue weighted by molar-refractivity contribution is 1.72. The van der Waals surface area contributed by atoms with Gasteiger partial charge in [0.25, 0.3) is 0 Å². The van der Waals surface area contributed by atoms with Gasteiger partial charge < -0.3 is 0 Å². The van der Waals surface area contributed by atoms with Crippen LogP contribution in [0.25, 0.3) is 75.8 Å². The van der Waals surface area contributed by atoms with Crippen molar-refractivity contribution in [1.29, 1.82) is 0 Å². The highest BCUT2D eigenvalue weighted by Crippen LogP contribution is 2.44. The third kappa shape index (κ3) is 2.64. The minimum Gasteiger partial charge on any atom is -0.0616 e. The Morgan fingerprint density at radius 1 is 0.250 bits per heavy atom. The molecular formula is C36H22. The summed E-state index contributed by atoms with van der Waals surface area (Å²) in [6, 6.07) is 49.1. The van der Waals surface area contributed by atoms with E-state index < -0.39 is 0 Å². The number of rotatable bonds is 1. The molecule has 0 aliphatic rings. The standard InChI is InChI=1S/C36H22/c1-2-12-24-23(11-1)21-33(28-16-5-3-13-25(24)28)34-22-35-29-17-6-4-14-26(29)27-15-7-9-19-31(27)36(35)32-20-10-8-18-30(32)34/h1-22H. The van der Waals surface area contributed by atoms with Gasteiger partial charge in [-0.15, -0.1) is 0 Å². The monoisotopic (exact) mass is 454 g/mol. The molecule has 0 saturated carbocycles. The van der Waals surface area contributed by atoms with Crippen LogP contribution < -0.4 is 0 Å². The van der Waals surface area contributed by atoms with Crippen molar-refractivity contribution in [1.82, 2.24) is 0 Å². The molecule has 0 fully saturated rings. The van der Waals surface area contributed by atoms with Crippen molar-refractivity contribution in [2.24, 2.45) is 0 Å². The minimum atomic E-state index is 1.28. The zero-order chi connectivity index (χ0) is 23.6. The molecule has 0 saturated heterocycles. The molecule has 8 aromatic carbocycles. The van der Waals surface area contributed by atoms with Gasteiger partial charge in [0.15, 0.2) is 0 Å². The first-order chi connectivity index (χ1) is 17.9. The van der Waals surface area contributed by atoms with Gasteiger partial charge in [0.05, 0.1) is 0 Å². The average molecular weight is 455 g/mol. The molecule has 166 valence electrons. The van der Waals surface area contributed by atoms with Gasteiger partial charge in [0, 0.05) is 0 Å². The molecule has 0 bridgehead atoms. The number of hydrogen-bond donors (Lipinski definition) is 0. The van der Waals surface area contributed by atoms with E-state index in [4.69, 9.17) is 0 Å². The van der Waals surface area contributed by atoms with E-state index in [0.29, 0.717) is 0 Å². The van der Waals surface area contributed by atoms with E-state index in [-0.39, 0.29) is 0 Å². The van der Waals surface area contributed by atoms with Crippen molar-refractivity contribution in [2.45, 2.75) is 0 Å². The van der Waals surface area contributed by atoms with Gasteiger partial charge in [0.2, 0.25) is 0 Å². The van der Waals surface area contributed by atoms with Crippen LogP contribution in [0.15, 0.2) is 133 Å². The van der Waals surface area contributed by atoms with Gasteiger partial charge in [-0.05, 0) is 87.9 Å². The van der Waals surface area contributed by atoms with Crippen LogP contribution in [0.4, 0.5) is 0 Å². The highest BCUT2D eigenvalue weighted by molar-refractivity contribution is 6.33. The van der Waals surface area contributed by atoms with E-state index in [2.05, 4.69) is 133 Å². The van der Waals surface area contributed by atoms with Crippen LogP contribution in [0.2, 0.25) is 0 Å². The van der Waals surface area contributed by atoms with Crippen LogP contribution in [-0.4, -0.2) is 0 Å². The third-order valence-electron chi connectivity index (χ3n) is 7.81. The number of benzene rings is 8. The molecule has 0 unspecified atom stereocenters. The van der Waals surface area contributed by atoms with Crippen molar-refractivity contribution in [2.75, 3.05) is 0 Å². The van der Waals surface area contributed by atoms with Crippen LogP contribution in [0.1, 0.15) is 0 Å².